The Balaban J connectivity index is 2.34. The van der Waals surface area contributed by atoms with Crippen LogP contribution in [0.2, 0.25) is 0 Å². The van der Waals surface area contributed by atoms with E-state index in [9.17, 15) is 19.7 Å². The van der Waals surface area contributed by atoms with E-state index in [2.05, 4.69) is 0 Å². The number of esters is 1. The number of non-ortho nitro benzene ring substituents is 1. The van der Waals surface area contributed by atoms with Crippen LogP contribution in [0.3, 0.4) is 0 Å². The molecule has 0 amide bonds. The highest BCUT2D eigenvalue weighted by molar-refractivity contribution is 5.79. The Morgan fingerprint density at radius 1 is 1.30 bits per heavy atom. The van der Waals surface area contributed by atoms with Gasteiger partial charge < -0.3 is 4.74 Å². The monoisotopic (exact) mass is 321 g/mol. The maximum absolute atomic E-state index is 12.3. The van der Waals surface area contributed by atoms with E-state index >= 15 is 0 Å². The molecule has 124 valence electrons. The number of nitro groups is 1. The van der Waals surface area contributed by atoms with Crippen LogP contribution in [0.1, 0.15) is 27.2 Å². The average Bonchev–Trinajstić information content (AvgIpc) is 2.66. The summed E-state index contributed by atoms with van der Waals surface area (Å²) in [6, 6.07) is 4.21. The number of fused-ring (bicyclic) bond motifs is 1. The zero-order valence-corrected chi connectivity index (χ0v) is 13.5. The molecular formula is C15H19N3O5. The molecule has 0 spiro atoms. The zero-order valence-electron chi connectivity index (χ0n) is 13.5. The van der Waals surface area contributed by atoms with Gasteiger partial charge in [-0.25, -0.2) is 4.79 Å². The first-order valence-electron chi connectivity index (χ1n) is 7.15. The first-order valence-corrected chi connectivity index (χ1v) is 7.15. The topological polar surface area (TPSA) is 96.4 Å². The Bertz CT molecular complexity index is 826. The lowest BCUT2D eigenvalue weighted by molar-refractivity contribution is -0.384. The van der Waals surface area contributed by atoms with Crippen molar-refractivity contribution in [3.8, 4) is 0 Å². The van der Waals surface area contributed by atoms with Crippen LogP contribution < -0.4 is 5.69 Å². The van der Waals surface area contributed by atoms with E-state index in [4.69, 9.17) is 4.74 Å². The number of hydrogen-bond donors (Lipinski definition) is 0. The second kappa shape index (κ2) is 5.86. The molecule has 1 heterocycles. The maximum atomic E-state index is 12.3. The number of benzene rings is 1. The van der Waals surface area contributed by atoms with E-state index in [1.807, 2.05) is 0 Å². The summed E-state index contributed by atoms with van der Waals surface area (Å²) in [4.78, 5) is 34.5. The summed E-state index contributed by atoms with van der Waals surface area (Å²) in [6.45, 7) is 5.39. The second-order valence-electron chi connectivity index (χ2n) is 6.26. The summed E-state index contributed by atoms with van der Waals surface area (Å²) >= 11 is 0. The molecule has 0 unspecified atom stereocenters. The van der Waals surface area contributed by atoms with Crippen LogP contribution in [0.25, 0.3) is 11.0 Å². The fourth-order valence-corrected chi connectivity index (χ4v) is 2.32. The van der Waals surface area contributed by atoms with E-state index in [0.29, 0.717) is 11.0 Å². The van der Waals surface area contributed by atoms with E-state index in [1.54, 1.807) is 27.8 Å². The molecule has 0 aliphatic carbocycles. The van der Waals surface area contributed by atoms with Crippen molar-refractivity contribution in [2.75, 3.05) is 0 Å². The third kappa shape index (κ3) is 3.58. The van der Waals surface area contributed by atoms with Crippen LogP contribution in [0.4, 0.5) is 5.69 Å². The van der Waals surface area contributed by atoms with Gasteiger partial charge >= 0.3 is 11.7 Å². The number of rotatable bonds is 4. The van der Waals surface area contributed by atoms with Crippen molar-refractivity contribution in [3.63, 3.8) is 0 Å². The first kappa shape index (κ1) is 16.7. The molecule has 0 saturated carbocycles. The van der Waals surface area contributed by atoms with Crippen molar-refractivity contribution in [1.29, 1.82) is 0 Å². The number of ether oxygens (including phenoxy) is 1. The zero-order chi connectivity index (χ0) is 17.4. The highest BCUT2D eigenvalue weighted by Crippen LogP contribution is 2.20. The number of hydrogen-bond acceptors (Lipinski definition) is 5. The molecular weight excluding hydrogens is 302 g/mol. The fraction of sp³-hybridized carbons (Fsp3) is 0.467. The summed E-state index contributed by atoms with van der Waals surface area (Å²) < 4.78 is 7.96. The summed E-state index contributed by atoms with van der Waals surface area (Å²) in [5.74, 6) is -0.424. The van der Waals surface area contributed by atoms with Gasteiger partial charge in [0.05, 0.1) is 22.4 Å². The van der Waals surface area contributed by atoms with Gasteiger partial charge in [-0.3, -0.25) is 24.0 Å². The van der Waals surface area contributed by atoms with Crippen LogP contribution in [-0.2, 0) is 23.1 Å². The molecule has 1 aromatic carbocycles. The molecule has 8 heteroatoms. The lowest BCUT2D eigenvalue weighted by Crippen LogP contribution is -2.27. The minimum absolute atomic E-state index is 0.0129. The highest BCUT2D eigenvalue weighted by Gasteiger charge is 2.19. The van der Waals surface area contributed by atoms with Crippen LogP contribution in [0, 0.1) is 10.1 Å². The van der Waals surface area contributed by atoms with Gasteiger partial charge in [0.15, 0.2) is 0 Å². The minimum Gasteiger partial charge on any atom is -0.460 e. The van der Waals surface area contributed by atoms with Gasteiger partial charge in [0.25, 0.3) is 5.69 Å². The molecule has 1 aromatic heterocycles. The van der Waals surface area contributed by atoms with E-state index in [-0.39, 0.29) is 24.3 Å². The van der Waals surface area contributed by atoms with Crippen molar-refractivity contribution in [1.82, 2.24) is 9.13 Å². The maximum Gasteiger partial charge on any atom is 0.328 e. The molecule has 8 nitrogen and oxygen atoms in total. The van der Waals surface area contributed by atoms with Crippen molar-refractivity contribution in [2.24, 2.45) is 7.05 Å². The average molecular weight is 321 g/mol. The largest absolute Gasteiger partial charge is 0.460 e. The predicted octanol–water partition coefficient (Wildman–Crippen LogP) is 1.98. The van der Waals surface area contributed by atoms with E-state index < -0.39 is 16.5 Å². The van der Waals surface area contributed by atoms with Crippen molar-refractivity contribution in [3.05, 3.63) is 38.8 Å². The molecule has 0 aliphatic rings. The third-order valence-electron chi connectivity index (χ3n) is 3.30. The lowest BCUT2D eigenvalue weighted by Gasteiger charge is -2.19. The van der Waals surface area contributed by atoms with Gasteiger partial charge in [0.1, 0.15) is 5.60 Å². The van der Waals surface area contributed by atoms with Crippen molar-refractivity contribution >= 4 is 22.7 Å². The summed E-state index contributed by atoms with van der Waals surface area (Å²) in [5, 5.41) is 10.9. The van der Waals surface area contributed by atoms with Crippen LogP contribution in [0.15, 0.2) is 23.0 Å². The fourth-order valence-electron chi connectivity index (χ4n) is 2.32. The Labute approximate surface area is 132 Å². The smallest absolute Gasteiger partial charge is 0.328 e. The summed E-state index contributed by atoms with van der Waals surface area (Å²) in [6.07, 6.45) is 0.0129. The molecule has 23 heavy (non-hydrogen) atoms. The Morgan fingerprint density at radius 2 is 1.96 bits per heavy atom. The molecule has 2 aromatic rings. The van der Waals surface area contributed by atoms with Crippen molar-refractivity contribution < 1.29 is 14.5 Å². The number of aryl methyl sites for hydroxylation is 2. The SMILES string of the molecule is Cn1c(=O)n(CCC(=O)OC(C)(C)C)c2cc([N+](=O)[O-])ccc21. The van der Waals surface area contributed by atoms with Crippen LogP contribution >= 0.6 is 0 Å². The number of carbonyl (C=O) groups excluding carboxylic acids is 1. The quantitative estimate of drug-likeness (QED) is 0.487. The molecule has 0 saturated heterocycles. The molecule has 0 fully saturated rings. The Kier molecular flexibility index (Phi) is 4.26. The number of nitrogens with zero attached hydrogens (tertiary/aromatic N) is 3. The van der Waals surface area contributed by atoms with Crippen molar-refractivity contribution in [2.45, 2.75) is 39.3 Å². The molecule has 0 aliphatic heterocycles. The Morgan fingerprint density at radius 3 is 2.52 bits per heavy atom. The van der Waals surface area contributed by atoms with Gasteiger partial charge in [-0.2, -0.15) is 0 Å². The van der Waals surface area contributed by atoms with Gasteiger partial charge in [0, 0.05) is 25.7 Å². The number of imidazole rings is 1. The van der Waals surface area contributed by atoms with Gasteiger partial charge in [-0.15, -0.1) is 0 Å². The van der Waals surface area contributed by atoms with Crippen LogP contribution in [0.5, 0.6) is 0 Å². The molecule has 0 bridgehead atoms. The lowest BCUT2D eigenvalue weighted by atomic mass is 10.2. The standard InChI is InChI=1S/C15H19N3O5/c1-15(2,3)23-13(19)7-8-17-12-9-10(18(21)22)5-6-11(12)16(4)14(17)20/h5-6,9H,7-8H2,1-4H3. The highest BCUT2D eigenvalue weighted by atomic mass is 16.6. The molecule has 0 radical (unpaired) electrons. The van der Waals surface area contributed by atoms with E-state index in [1.165, 1.54) is 27.3 Å². The Hall–Kier alpha value is -2.64. The second-order valence-corrected chi connectivity index (χ2v) is 6.26. The normalized spacial score (nSPS) is 11.7. The molecule has 0 atom stereocenters. The summed E-state index contributed by atoms with van der Waals surface area (Å²) in [7, 11) is 1.58. The minimum atomic E-state index is -0.598. The van der Waals surface area contributed by atoms with Gasteiger partial charge in [0.2, 0.25) is 0 Å². The molecule has 0 N–H and O–H groups in total. The first-order chi connectivity index (χ1) is 10.6. The number of carbonyl (C=O) groups is 1. The predicted molar refractivity (Wildman–Crippen MR) is 84.3 cm³/mol. The summed E-state index contributed by atoms with van der Waals surface area (Å²) in [5.41, 5.74) is -0.0298. The van der Waals surface area contributed by atoms with Crippen LogP contribution in [-0.4, -0.2) is 25.6 Å². The van der Waals surface area contributed by atoms with E-state index in [0.717, 1.165) is 0 Å². The number of aromatic nitrogens is 2. The third-order valence-corrected chi connectivity index (χ3v) is 3.30. The van der Waals surface area contributed by atoms with Gasteiger partial charge in [-0.1, -0.05) is 0 Å². The number of nitro benzene ring substituents is 1. The molecule has 2 rings (SSSR count). The van der Waals surface area contributed by atoms with Gasteiger partial charge in [-0.05, 0) is 26.8 Å².